The number of nitrogens with zero attached hydrogens (tertiary/aromatic N) is 1. The second-order valence-corrected chi connectivity index (χ2v) is 4.16. The van der Waals surface area contributed by atoms with Gasteiger partial charge in [0.25, 0.3) is 0 Å². The molecule has 2 heteroatoms. The summed E-state index contributed by atoms with van der Waals surface area (Å²) in [6.07, 6.45) is 4.08. The number of hydrogen-bond donors (Lipinski definition) is 0. The fourth-order valence-electron chi connectivity index (χ4n) is 1.49. The zero-order valence-electron chi connectivity index (χ0n) is 7.68. The van der Waals surface area contributed by atoms with Crippen LogP contribution in [0.2, 0.25) is 0 Å². The average molecular weight is 183 g/mol. The van der Waals surface area contributed by atoms with E-state index >= 15 is 0 Å². The van der Waals surface area contributed by atoms with Gasteiger partial charge in [0.15, 0.2) is 0 Å². The van der Waals surface area contributed by atoms with Gasteiger partial charge in [-0.25, -0.2) is 0 Å². The fraction of sp³-hybridized carbons (Fsp3) is 0.600. The molecule has 1 aliphatic heterocycles. The minimum atomic E-state index is 1.00. The molecule has 1 fully saturated rings. The first-order chi connectivity index (χ1) is 5.70. The highest BCUT2D eigenvalue weighted by atomic mass is 31.0. The van der Waals surface area contributed by atoms with E-state index < -0.39 is 0 Å². The molecule has 0 aromatic heterocycles. The summed E-state index contributed by atoms with van der Waals surface area (Å²) in [6.45, 7) is 11.3. The summed E-state index contributed by atoms with van der Waals surface area (Å²) in [6, 6.07) is 0. The number of likely N-dealkylation sites (tertiary alicyclic amines) is 1. The van der Waals surface area contributed by atoms with Gasteiger partial charge >= 0.3 is 0 Å². The second kappa shape index (κ2) is 4.79. The van der Waals surface area contributed by atoms with Crippen LogP contribution in [-0.4, -0.2) is 24.5 Å². The van der Waals surface area contributed by atoms with E-state index in [2.05, 4.69) is 27.3 Å². The van der Waals surface area contributed by atoms with Gasteiger partial charge in [-0.1, -0.05) is 19.6 Å². The van der Waals surface area contributed by atoms with Gasteiger partial charge in [0.05, 0.1) is 0 Å². The van der Waals surface area contributed by atoms with E-state index in [1.54, 1.807) is 0 Å². The first-order valence-electron chi connectivity index (χ1n) is 4.55. The SMILES string of the molecule is C=C(P)C(=C)CN1CCCCC1. The summed E-state index contributed by atoms with van der Waals surface area (Å²) >= 11 is 0. The predicted molar refractivity (Wildman–Crippen MR) is 58.3 cm³/mol. The van der Waals surface area contributed by atoms with Crippen molar-refractivity contribution in [2.75, 3.05) is 19.6 Å². The van der Waals surface area contributed by atoms with E-state index in [1.165, 1.54) is 32.4 Å². The molecule has 1 nitrogen and oxygen atoms in total. The Morgan fingerprint density at radius 3 is 2.25 bits per heavy atom. The molecule has 0 aromatic rings. The van der Waals surface area contributed by atoms with Crippen LogP contribution in [0.3, 0.4) is 0 Å². The molecule has 0 aromatic carbocycles. The van der Waals surface area contributed by atoms with Gasteiger partial charge in [0, 0.05) is 6.54 Å². The van der Waals surface area contributed by atoms with Crippen molar-refractivity contribution in [3.63, 3.8) is 0 Å². The number of rotatable bonds is 3. The van der Waals surface area contributed by atoms with Crippen molar-refractivity contribution in [2.24, 2.45) is 0 Å². The normalized spacial score (nSPS) is 19.1. The Kier molecular flexibility index (Phi) is 3.97. The zero-order chi connectivity index (χ0) is 8.97. The average Bonchev–Trinajstić information content (AvgIpc) is 2.06. The van der Waals surface area contributed by atoms with E-state index in [9.17, 15) is 0 Å². The highest BCUT2D eigenvalue weighted by molar-refractivity contribution is 7.23. The van der Waals surface area contributed by atoms with Crippen molar-refractivity contribution in [1.29, 1.82) is 0 Å². The van der Waals surface area contributed by atoms with Crippen molar-refractivity contribution in [3.05, 3.63) is 24.0 Å². The molecule has 1 saturated heterocycles. The third-order valence-corrected chi connectivity index (χ3v) is 2.73. The lowest BCUT2D eigenvalue weighted by Crippen LogP contribution is -2.31. The molecule has 0 amide bonds. The maximum absolute atomic E-state index is 3.99. The van der Waals surface area contributed by atoms with Crippen LogP contribution in [0.15, 0.2) is 24.0 Å². The predicted octanol–water partition coefficient (Wildman–Crippen LogP) is 2.42. The molecule has 1 heterocycles. The summed E-state index contributed by atoms with van der Waals surface area (Å²) in [5.41, 5.74) is 1.15. The van der Waals surface area contributed by atoms with Crippen molar-refractivity contribution in [2.45, 2.75) is 19.3 Å². The molecule has 1 aliphatic rings. The van der Waals surface area contributed by atoms with Crippen LogP contribution >= 0.6 is 9.24 Å². The largest absolute Gasteiger partial charge is 0.299 e. The van der Waals surface area contributed by atoms with Gasteiger partial charge in [0.1, 0.15) is 0 Å². The topological polar surface area (TPSA) is 3.24 Å². The van der Waals surface area contributed by atoms with E-state index in [0.29, 0.717) is 0 Å². The van der Waals surface area contributed by atoms with E-state index in [4.69, 9.17) is 0 Å². The van der Waals surface area contributed by atoms with Gasteiger partial charge < -0.3 is 0 Å². The molecule has 12 heavy (non-hydrogen) atoms. The minimum absolute atomic E-state index is 1.00. The maximum Gasteiger partial charge on any atom is 0.0233 e. The number of hydrogen-bond acceptors (Lipinski definition) is 1. The molecule has 0 aliphatic carbocycles. The van der Waals surface area contributed by atoms with Gasteiger partial charge in [0.2, 0.25) is 0 Å². The van der Waals surface area contributed by atoms with E-state index in [-0.39, 0.29) is 0 Å². The summed E-state index contributed by atoms with van der Waals surface area (Å²) in [5.74, 6) is 0. The first-order valence-corrected chi connectivity index (χ1v) is 5.13. The minimum Gasteiger partial charge on any atom is -0.299 e. The molecule has 0 N–H and O–H groups in total. The molecular weight excluding hydrogens is 165 g/mol. The van der Waals surface area contributed by atoms with Crippen molar-refractivity contribution < 1.29 is 0 Å². The first kappa shape index (κ1) is 9.95. The molecule has 0 spiro atoms. The van der Waals surface area contributed by atoms with Crippen LogP contribution in [-0.2, 0) is 0 Å². The van der Waals surface area contributed by atoms with Gasteiger partial charge in [-0.3, -0.25) is 4.90 Å². The van der Waals surface area contributed by atoms with Gasteiger partial charge in [-0.15, -0.1) is 9.24 Å². The summed E-state index contributed by atoms with van der Waals surface area (Å²) in [7, 11) is 2.62. The molecule has 1 rings (SSSR count). The van der Waals surface area contributed by atoms with E-state index in [0.717, 1.165) is 17.4 Å². The van der Waals surface area contributed by atoms with Crippen LogP contribution in [0.25, 0.3) is 0 Å². The molecule has 0 bridgehead atoms. The Bertz CT molecular complexity index is 180. The van der Waals surface area contributed by atoms with Crippen LogP contribution in [0, 0.1) is 0 Å². The summed E-state index contributed by atoms with van der Waals surface area (Å²) < 4.78 is 0. The molecule has 68 valence electrons. The highest BCUT2D eigenvalue weighted by Crippen LogP contribution is 2.16. The Morgan fingerprint density at radius 1 is 1.17 bits per heavy atom. The summed E-state index contributed by atoms with van der Waals surface area (Å²) in [4.78, 5) is 2.46. The van der Waals surface area contributed by atoms with Crippen molar-refractivity contribution in [1.82, 2.24) is 4.90 Å². The van der Waals surface area contributed by atoms with E-state index in [1.807, 2.05) is 0 Å². The van der Waals surface area contributed by atoms with Crippen LogP contribution in [0.1, 0.15) is 19.3 Å². The quantitative estimate of drug-likeness (QED) is 0.479. The summed E-state index contributed by atoms with van der Waals surface area (Å²) in [5, 5.41) is 1.04. The lowest BCUT2D eigenvalue weighted by atomic mass is 10.1. The maximum atomic E-state index is 3.99. The monoisotopic (exact) mass is 183 g/mol. The van der Waals surface area contributed by atoms with Crippen LogP contribution < -0.4 is 0 Å². The van der Waals surface area contributed by atoms with Gasteiger partial charge in [-0.2, -0.15) is 0 Å². The van der Waals surface area contributed by atoms with Crippen molar-refractivity contribution >= 4 is 9.24 Å². The smallest absolute Gasteiger partial charge is 0.0233 e. The van der Waals surface area contributed by atoms with Crippen LogP contribution in [0.4, 0.5) is 0 Å². The Morgan fingerprint density at radius 2 is 1.75 bits per heavy atom. The molecule has 0 saturated carbocycles. The second-order valence-electron chi connectivity index (χ2n) is 3.47. The fourth-order valence-corrected chi connectivity index (χ4v) is 1.58. The molecule has 1 unspecified atom stereocenters. The third-order valence-electron chi connectivity index (χ3n) is 2.32. The Labute approximate surface area is 77.7 Å². The van der Waals surface area contributed by atoms with Crippen molar-refractivity contribution in [3.8, 4) is 0 Å². The Balaban J connectivity index is 2.29. The zero-order valence-corrected chi connectivity index (χ0v) is 8.84. The van der Waals surface area contributed by atoms with Gasteiger partial charge in [-0.05, 0) is 36.8 Å². The lowest BCUT2D eigenvalue weighted by Gasteiger charge is -2.27. The Hall–Kier alpha value is -0.130. The molecular formula is C10H18NP. The molecule has 0 radical (unpaired) electrons. The highest BCUT2D eigenvalue weighted by Gasteiger charge is 2.10. The third kappa shape index (κ3) is 3.08. The molecule has 1 atom stereocenters. The van der Waals surface area contributed by atoms with Crippen LogP contribution in [0.5, 0.6) is 0 Å². The standard InChI is InChI=1S/C10H18NP/c1-9(10(2)12)8-11-6-4-3-5-7-11/h1-8,12H2. The number of piperidine rings is 1. The lowest BCUT2D eigenvalue weighted by molar-refractivity contribution is 0.248.